The molecule has 1 amide bonds. The lowest BCUT2D eigenvalue weighted by atomic mass is 10.1. The third kappa shape index (κ3) is 8.35. The highest BCUT2D eigenvalue weighted by Gasteiger charge is 2.06. The van der Waals surface area contributed by atoms with Crippen molar-refractivity contribution in [3.63, 3.8) is 0 Å². The van der Waals surface area contributed by atoms with Crippen LogP contribution in [0.4, 0.5) is 0 Å². The Hall–Kier alpha value is -3.67. The molecule has 3 rings (SSSR count). The molecule has 0 saturated heterocycles. The number of carboxylic acid groups (broad SMARTS) is 1. The second-order valence-electron chi connectivity index (χ2n) is 8.35. The quantitative estimate of drug-likeness (QED) is 0.332. The van der Waals surface area contributed by atoms with E-state index in [0.717, 1.165) is 49.1 Å². The molecule has 0 bridgehead atoms. The minimum absolute atomic E-state index is 0.0931. The Balaban J connectivity index is 1.28. The normalized spacial score (nSPS) is 10.6. The molecule has 3 aromatic rings. The van der Waals surface area contributed by atoms with Crippen molar-refractivity contribution in [1.82, 2.24) is 10.3 Å². The lowest BCUT2D eigenvalue weighted by molar-refractivity contribution is -0.136. The molecule has 0 aliphatic rings. The zero-order valence-electron chi connectivity index (χ0n) is 19.6. The molecule has 2 N–H and O–H groups in total. The molecule has 0 radical (unpaired) electrons. The number of carbonyl (C=O) groups excluding carboxylic acids is 1. The van der Waals surface area contributed by atoms with E-state index in [-0.39, 0.29) is 18.9 Å². The first-order valence-corrected chi connectivity index (χ1v) is 11.8. The van der Waals surface area contributed by atoms with Crippen molar-refractivity contribution in [2.24, 2.45) is 0 Å². The number of unbranched alkanes of at least 4 members (excludes halogenated alkanes) is 3. The SMILES string of the molecule is Cc1ccc(-c2ccc(CCCCCCOc3ccc(C(=O)NCCC(=O)O)cc3)cn2)cc1. The molecule has 0 spiro atoms. The molecule has 0 fully saturated rings. The van der Waals surface area contributed by atoms with Crippen molar-refractivity contribution >= 4 is 11.9 Å². The third-order valence-corrected chi connectivity index (χ3v) is 5.54. The Kier molecular flexibility index (Phi) is 9.65. The average Bonchev–Trinajstić information content (AvgIpc) is 2.84. The molecule has 34 heavy (non-hydrogen) atoms. The molecule has 0 aliphatic heterocycles. The van der Waals surface area contributed by atoms with Crippen LogP contribution < -0.4 is 10.1 Å². The van der Waals surface area contributed by atoms with Gasteiger partial charge in [0.2, 0.25) is 0 Å². The van der Waals surface area contributed by atoms with Crippen LogP contribution in [0.1, 0.15) is 53.6 Å². The van der Waals surface area contributed by atoms with Gasteiger partial charge >= 0.3 is 5.97 Å². The number of aryl methyl sites for hydroxylation is 2. The summed E-state index contributed by atoms with van der Waals surface area (Å²) in [6, 6.07) is 19.6. The van der Waals surface area contributed by atoms with Crippen molar-refractivity contribution in [3.8, 4) is 17.0 Å². The van der Waals surface area contributed by atoms with Crippen molar-refractivity contribution in [2.75, 3.05) is 13.2 Å². The van der Waals surface area contributed by atoms with Crippen LogP contribution in [-0.4, -0.2) is 35.1 Å². The molecule has 2 aromatic carbocycles. The number of nitrogens with one attached hydrogen (secondary N) is 1. The Morgan fingerprint density at radius 2 is 1.65 bits per heavy atom. The summed E-state index contributed by atoms with van der Waals surface area (Å²) in [5.74, 6) is -0.497. The minimum Gasteiger partial charge on any atom is -0.494 e. The highest BCUT2D eigenvalue weighted by molar-refractivity contribution is 5.94. The van der Waals surface area contributed by atoms with Gasteiger partial charge in [-0.05, 0) is 62.1 Å². The number of hydrogen-bond donors (Lipinski definition) is 2. The number of aliphatic carboxylic acids is 1. The Morgan fingerprint density at radius 3 is 2.32 bits per heavy atom. The van der Waals surface area contributed by atoms with Gasteiger partial charge in [-0.2, -0.15) is 0 Å². The summed E-state index contributed by atoms with van der Waals surface area (Å²) in [6.45, 7) is 2.83. The number of benzene rings is 2. The lowest BCUT2D eigenvalue weighted by Gasteiger charge is -2.08. The van der Waals surface area contributed by atoms with Gasteiger partial charge in [0.25, 0.3) is 5.91 Å². The van der Waals surface area contributed by atoms with E-state index in [2.05, 4.69) is 53.6 Å². The van der Waals surface area contributed by atoms with Crippen LogP contribution in [0.15, 0.2) is 66.9 Å². The van der Waals surface area contributed by atoms with E-state index in [1.165, 1.54) is 11.1 Å². The summed E-state index contributed by atoms with van der Waals surface area (Å²) in [4.78, 5) is 27.1. The Bertz CT molecular complexity index is 1050. The summed E-state index contributed by atoms with van der Waals surface area (Å²) >= 11 is 0. The number of ether oxygens (including phenoxy) is 1. The maximum Gasteiger partial charge on any atom is 0.305 e. The standard InChI is InChI=1S/C28H32N2O4/c1-21-7-10-23(11-8-21)26-16-9-22(20-30-26)6-4-2-3-5-19-34-25-14-12-24(13-15-25)28(33)29-18-17-27(31)32/h7-16,20H,2-6,17-19H2,1H3,(H,29,33)(H,31,32). The highest BCUT2D eigenvalue weighted by Crippen LogP contribution is 2.18. The zero-order valence-corrected chi connectivity index (χ0v) is 19.6. The molecule has 6 nitrogen and oxygen atoms in total. The number of amides is 1. The number of rotatable bonds is 13. The number of nitrogens with zero attached hydrogens (tertiary/aromatic N) is 1. The molecular weight excluding hydrogens is 428 g/mol. The molecule has 1 aromatic heterocycles. The average molecular weight is 461 g/mol. The van der Waals surface area contributed by atoms with Gasteiger partial charge < -0.3 is 15.2 Å². The smallest absolute Gasteiger partial charge is 0.305 e. The molecular formula is C28H32N2O4. The first-order valence-electron chi connectivity index (χ1n) is 11.8. The van der Waals surface area contributed by atoms with Crippen LogP contribution in [0, 0.1) is 6.92 Å². The van der Waals surface area contributed by atoms with Gasteiger partial charge in [-0.15, -0.1) is 0 Å². The predicted octanol–water partition coefficient (Wildman–Crippen LogP) is 5.44. The van der Waals surface area contributed by atoms with E-state index in [9.17, 15) is 9.59 Å². The molecule has 0 aliphatic carbocycles. The second-order valence-corrected chi connectivity index (χ2v) is 8.35. The Labute approximate surface area is 201 Å². The molecule has 0 saturated carbocycles. The van der Waals surface area contributed by atoms with Gasteiger partial charge in [-0.25, -0.2) is 0 Å². The molecule has 1 heterocycles. The van der Waals surface area contributed by atoms with Gasteiger partial charge in [0.1, 0.15) is 5.75 Å². The summed E-state index contributed by atoms with van der Waals surface area (Å²) < 4.78 is 5.76. The van der Waals surface area contributed by atoms with Gasteiger partial charge in [0.05, 0.1) is 18.7 Å². The van der Waals surface area contributed by atoms with Crippen molar-refractivity contribution in [2.45, 2.75) is 45.4 Å². The minimum atomic E-state index is -0.936. The van der Waals surface area contributed by atoms with Crippen LogP contribution in [0.25, 0.3) is 11.3 Å². The molecule has 0 unspecified atom stereocenters. The van der Waals surface area contributed by atoms with Gasteiger partial charge in [0, 0.05) is 23.9 Å². The van der Waals surface area contributed by atoms with E-state index in [4.69, 9.17) is 9.84 Å². The first-order chi connectivity index (χ1) is 16.5. The monoisotopic (exact) mass is 460 g/mol. The molecule has 6 heteroatoms. The maximum absolute atomic E-state index is 11.9. The molecule has 178 valence electrons. The van der Waals surface area contributed by atoms with Gasteiger partial charge in [0.15, 0.2) is 0 Å². The first kappa shape index (κ1) is 25.0. The van der Waals surface area contributed by atoms with E-state index < -0.39 is 5.97 Å². The van der Waals surface area contributed by atoms with Crippen LogP contribution in [0.2, 0.25) is 0 Å². The number of aromatic nitrogens is 1. The van der Waals surface area contributed by atoms with Crippen LogP contribution >= 0.6 is 0 Å². The number of pyridine rings is 1. The van der Waals surface area contributed by atoms with Crippen LogP contribution in [-0.2, 0) is 11.2 Å². The highest BCUT2D eigenvalue weighted by atomic mass is 16.5. The van der Waals surface area contributed by atoms with Crippen molar-refractivity contribution in [3.05, 3.63) is 83.6 Å². The lowest BCUT2D eigenvalue weighted by Crippen LogP contribution is -2.25. The fraction of sp³-hybridized carbons (Fsp3) is 0.321. The maximum atomic E-state index is 11.9. The zero-order chi connectivity index (χ0) is 24.2. The summed E-state index contributed by atoms with van der Waals surface area (Å²) in [7, 11) is 0. The van der Waals surface area contributed by atoms with Gasteiger partial charge in [-0.3, -0.25) is 14.6 Å². The summed E-state index contributed by atoms with van der Waals surface area (Å²) in [6.07, 6.45) is 7.24. The van der Waals surface area contributed by atoms with E-state index in [1.807, 2.05) is 6.20 Å². The van der Waals surface area contributed by atoms with Crippen LogP contribution in [0.3, 0.4) is 0 Å². The van der Waals surface area contributed by atoms with Gasteiger partial charge in [-0.1, -0.05) is 48.7 Å². The Morgan fingerprint density at radius 1 is 0.912 bits per heavy atom. The fourth-order valence-corrected chi connectivity index (χ4v) is 3.53. The van der Waals surface area contributed by atoms with Crippen molar-refractivity contribution < 1.29 is 19.4 Å². The van der Waals surface area contributed by atoms with E-state index in [0.29, 0.717) is 12.2 Å². The van der Waals surface area contributed by atoms with Crippen molar-refractivity contribution in [1.29, 1.82) is 0 Å². The largest absolute Gasteiger partial charge is 0.494 e. The third-order valence-electron chi connectivity index (χ3n) is 5.54. The topological polar surface area (TPSA) is 88.5 Å². The summed E-state index contributed by atoms with van der Waals surface area (Å²) in [5, 5.41) is 11.2. The molecule has 0 atom stereocenters. The predicted molar refractivity (Wildman–Crippen MR) is 133 cm³/mol. The van der Waals surface area contributed by atoms with E-state index >= 15 is 0 Å². The van der Waals surface area contributed by atoms with Crippen LogP contribution in [0.5, 0.6) is 5.75 Å². The second kappa shape index (κ2) is 13.1. The fourth-order valence-electron chi connectivity index (χ4n) is 3.53. The summed E-state index contributed by atoms with van der Waals surface area (Å²) in [5.41, 5.74) is 5.15. The van der Waals surface area contributed by atoms with E-state index in [1.54, 1.807) is 24.3 Å². The number of carbonyl (C=O) groups is 2. The number of carboxylic acids is 1. The number of hydrogen-bond acceptors (Lipinski definition) is 4.